The molecule has 186 valence electrons. The molecule has 0 unspecified atom stereocenters. The Morgan fingerprint density at radius 1 is 1.06 bits per heavy atom. The number of rotatable bonds is 6. The molecule has 35 heavy (non-hydrogen) atoms. The van der Waals surface area contributed by atoms with Crippen LogP contribution in [0.5, 0.6) is 17.2 Å². The maximum absolute atomic E-state index is 14.0. The van der Waals surface area contributed by atoms with Crippen LogP contribution in [0.3, 0.4) is 0 Å². The molecule has 10 heteroatoms. The zero-order chi connectivity index (χ0) is 25.7. The van der Waals surface area contributed by atoms with Gasteiger partial charge < -0.3 is 28.6 Å². The molecule has 0 saturated heterocycles. The molecule has 2 atom stereocenters. The van der Waals surface area contributed by atoms with Crippen molar-refractivity contribution in [3.63, 3.8) is 0 Å². The van der Waals surface area contributed by atoms with E-state index in [-0.39, 0.29) is 11.6 Å². The van der Waals surface area contributed by atoms with Crippen LogP contribution in [0.25, 0.3) is 0 Å². The van der Waals surface area contributed by atoms with E-state index in [2.05, 4.69) is 15.9 Å². The number of nitrogens with zero attached hydrogens (tertiary/aromatic N) is 2. The van der Waals surface area contributed by atoms with Crippen molar-refractivity contribution >= 4 is 39.2 Å². The number of amides is 1. The summed E-state index contributed by atoms with van der Waals surface area (Å²) in [6.07, 6.45) is 0. The zero-order valence-electron chi connectivity index (χ0n) is 20.6. The van der Waals surface area contributed by atoms with Crippen molar-refractivity contribution in [3.8, 4) is 17.2 Å². The largest absolute Gasteiger partial charge is 0.493 e. The normalized spacial score (nSPS) is 22.9. The van der Waals surface area contributed by atoms with Gasteiger partial charge in [-0.25, -0.2) is 9.79 Å². The summed E-state index contributed by atoms with van der Waals surface area (Å²) in [7, 11) is 7.42. The van der Waals surface area contributed by atoms with Gasteiger partial charge in [0.05, 0.1) is 39.8 Å². The minimum atomic E-state index is -1.76. The van der Waals surface area contributed by atoms with Crippen LogP contribution in [0.4, 0.5) is 5.69 Å². The Labute approximate surface area is 212 Å². The molecule has 0 radical (unpaired) electrons. The number of anilines is 1. The summed E-state index contributed by atoms with van der Waals surface area (Å²) in [5, 5.41) is 0. The Hall–Kier alpha value is -3.11. The van der Waals surface area contributed by atoms with Crippen LogP contribution in [-0.4, -0.2) is 58.8 Å². The van der Waals surface area contributed by atoms with E-state index in [1.807, 2.05) is 12.1 Å². The molecule has 0 saturated carbocycles. The summed E-state index contributed by atoms with van der Waals surface area (Å²) >= 11 is 3.50. The first-order chi connectivity index (χ1) is 16.6. The molecule has 2 aliphatic heterocycles. The van der Waals surface area contributed by atoms with Crippen molar-refractivity contribution in [3.05, 3.63) is 45.9 Å². The molecule has 1 spiro atoms. The van der Waals surface area contributed by atoms with Gasteiger partial charge in [-0.2, -0.15) is 0 Å². The molecular weight excluding hydrogens is 520 g/mol. The molecule has 4 rings (SSSR count). The molecule has 1 amide bonds. The number of esters is 1. The summed E-state index contributed by atoms with van der Waals surface area (Å²) in [6, 6.07) is 8.82. The average Bonchev–Trinajstić information content (AvgIpc) is 3.33. The number of methoxy groups -OCH3 is 4. The van der Waals surface area contributed by atoms with E-state index in [0.29, 0.717) is 34.1 Å². The fourth-order valence-corrected chi connectivity index (χ4v) is 4.98. The molecule has 0 aromatic heterocycles. The van der Waals surface area contributed by atoms with Gasteiger partial charge in [-0.05, 0) is 30.3 Å². The quantitative estimate of drug-likeness (QED) is 0.509. The van der Waals surface area contributed by atoms with Crippen molar-refractivity contribution in [1.82, 2.24) is 0 Å². The molecule has 2 heterocycles. The number of ether oxygens (including phenoxy) is 5. The maximum atomic E-state index is 14.0. The van der Waals surface area contributed by atoms with Crippen LogP contribution in [0.15, 0.2) is 39.8 Å². The van der Waals surface area contributed by atoms with E-state index in [0.717, 1.165) is 4.47 Å². The lowest BCUT2D eigenvalue weighted by molar-refractivity contribution is -0.187. The van der Waals surface area contributed by atoms with Gasteiger partial charge in [0.25, 0.3) is 11.6 Å². The first-order valence-electron chi connectivity index (χ1n) is 10.9. The highest BCUT2D eigenvalue weighted by atomic mass is 79.9. The third kappa shape index (κ3) is 3.41. The van der Waals surface area contributed by atoms with Gasteiger partial charge in [0.15, 0.2) is 11.5 Å². The minimum absolute atomic E-state index is 0.240. The second kappa shape index (κ2) is 8.83. The van der Waals surface area contributed by atoms with Crippen molar-refractivity contribution in [2.75, 3.05) is 40.4 Å². The number of likely N-dealkylation sites (N-methyl/N-ethyl adjacent to an activating group) is 1. The Kier molecular flexibility index (Phi) is 6.31. The molecular formula is C25H27BrN2O7. The van der Waals surface area contributed by atoms with Gasteiger partial charge in [-0.15, -0.1) is 0 Å². The van der Waals surface area contributed by atoms with E-state index < -0.39 is 23.2 Å². The summed E-state index contributed by atoms with van der Waals surface area (Å²) in [6.45, 7) is 3.58. The molecule has 0 bridgehead atoms. The predicted molar refractivity (Wildman–Crippen MR) is 133 cm³/mol. The number of carbonyl (C=O) groups excluding carboxylic acids is 2. The number of fused-ring (bicyclic) bond motifs is 2. The molecule has 2 aliphatic rings. The highest BCUT2D eigenvalue weighted by Crippen LogP contribution is 2.54. The number of hydrogen-bond acceptors (Lipinski definition) is 8. The summed E-state index contributed by atoms with van der Waals surface area (Å²) in [5.41, 5.74) is -1.56. The summed E-state index contributed by atoms with van der Waals surface area (Å²) < 4.78 is 28.9. The van der Waals surface area contributed by atoms with E-state index in [4.69, 9.17) is 28.7 Å². The Morgan fingerprint density at radius 3 is 2.20 bits per heavy atom. The molecule has 0 fully saturated rings. The van der Waals surface area contributed by atoms with Gasteiger partial charge in [-0.1, -0.05) is 29.8 Å². The lowest BCUT2D eigenvalue weighted by atomic mass is 9.86. The van der Waals surface area contributed by atoms with Crippen molar-refractivity contribution in [1.29, 1.82) is 0 Å². The van der Waals surface area contributed by atoms with Crippen LogP contribution >= 0.6 is 15.9 Å². The number of aliphatic imine (C=N–C) groups is 1. The molecule has 0 aliphatic carbocycles. The van der Waals surface area contributed by atoms with Crippen molar-refractivity contribution < 1.29 is 33.3 Å². The van der Waals surface area contributed by atoms with Gasteiger partial charge >= 0.3 is 5.97 Å². The van der Waals surface area contributed by atoms with Gasteiger partial charge in [0, 0.05) is 28.6 Å². The third-order valence-corrected chi connectivity index (χ3v) is 6.92. The number of halogens is 1. The van der Waals surface area contributed by atoms with E-state index in [1.54, 1.807) is 39.1 Å². The van der Waals surface area contributed by atoms with Crippen LogP contribution in [0.1, 0.15) is 25.0 Å². The Bertz CT molecular complexity index is 1220. The molecule has 0 N–H and O–H groups in total. The second-order valence-corrected chi connectivity index (χ2v) is 9.44. The lowest BCUT2D eigenvalue weighted by Gasteiger charge is -2.32. The number of carbonyl (C=O) groups is 2. The zero-order valence-corrected chi connectivity index (χ0v) is 22.2. The Morgan fingerprint density at radius 2 is 1.69 bits per heavy atom. The monoisotopic (exact) mass is 546 g/mol. The fraction of sp³-hybridized carbons (Fsp3) is 0.400. The van der Waals surface area contributed by atoms with Crippen LogP contribution in [0.2, 0.25) is 0 Å². The molecule has 2 aromatic rings. The predicted octanol–water partition coefficient (Wildman–Crippen LogP) is 3.69. The summed E-state index contributed by atoms with van der Waals surface area (Å²) in [5.74, 6) is -0.423. The Balaban J connectivity index is 2.10. The van der Waals surface area contributed by atoms with E-state index in [9.17, 15) is 9.59 Å². The first-order valence-corrected chi connectivity index (χ1v) is 11.7. The number of hydrogen-bond donors (Lipinski definition) is 0. The third-order valence-electron chi connectivity index (χ3n) is 6.42. The fourth-order valence-electron chi connectivity index (χ4n) is 4.62. The smallest absolute Gasteiger partial charge is 0.361 e. The van der Waals surface area contributed by atoms with Crippen molar-refractivity contribution in [2.45, 2.75) is 25.2 Å². The number of benzene rings is 2. The maximum Gasteiger partial charge on any atom is 0.361 e. The highest BCUT2D eigenvalue weighted by molar-refractivity contribution is 9.10. The van der Waals surface area contributed by atoms with Gasteiger partial charge in [-0.3, -0.25) is 4.79 Å². The van der Waals surface area contributed by atoms with Crippen LogP contribution < -0.4 is 19.1 Å². The minimum Gasteiger partial charge on any atom is -0.493 e. The van der Waals surface area contributed by atoms with Crippen molar-refractivity contribution in [2.24, 2.45) is 10.9 Å². The average molecular weight is 547 g/mol. The molecule has 2 aromatic carbocycles. The summed E-state index contributed by atoms with van der Waals surface area (Å²) in [4.78, 5) is 33.5. The van der Waals surface area contributed by atoms with Crippen LogP contribution in [-0.2, 0) is 24.7 Å². The lowest BCUT2D eigenvalue weighted by Crippen LogP contribution is -2.51. The highest BCUT2D eigenvalue weighted by Gasteiger charge is 2.66. The van der Waals surface area contributed by atoms with E-state index >= 15 is 0 Å². The standard InChI is InChI=1S/C25H27BrN2O7/c1-13(2)25(23(30)34-7)27-21(14-10-18(31-4)20(33-6)19(11-14)32-5)24(35-25)16-12-15(26)8-9-17(16)28(3)22(24)29/h8-13H,1-7H3/t24-,25-/m0/s1. The van der Waals surface area contributed by atoms with Gasteiger partial charge in [0.1, 0.15) is 0 Å². The van der Waals surface area contributed by atoms with Crippen LogP contribution in [0, 0.1) is 5.92 Å². The first kappa shape index (κ1) is 25.0. The second-order valence-electron chi connectivity index (χ2n) is 8.53. The topological polar surface area (TPSA) is 95.9 Å². The SMILES string of the molecule is COC(=O)[C@@]1(C(C)C)N=C(c2cc(OC)c(OC)c(OC)c2)[C@]2(O1)C(=O)N(C)c1ccc(Br)cc12. The van der Waals surface area contributed by atoms with Gasteiger partial charge in [0.2, 0.25) is 11.4 Å². The molecule has 9 nitrogen and oxygen atoms in total. The van der Waals surface area contributed by atoms with E-state index in [1.165, 1.54) is 33.3 Å².